The Morgan fingerprint density at radius 2 is 1.13 bits per heavy atom. The van der Waals surface area contributed by atoms with Crippen molar-refractivity contribution in [1.29, 1.82) is 0 Å². The van der Waals surface area contributed by atoms with Gasteiger partial charge in [-0.15, -0.1) is 13.2 Å². The predicted molar refractivity (Wildman–Crippen MR) is 191 cm³/mol. The molecule has 0 radical (unpaired) electrons. The third kappa shape index (κ3) is 20.8. The van der Waals surface area contributed by atoms with E-state index in [1.165, 1.54) is 77.0 Å². The highest BCUT2D eigenvalue weighted by atomic mass is 16.5. The van der Waals surface area contributed by atoms with Crippen molar-refractivity contribution in [3.05, 3.63) is 61.2 Å². The van der Waals surface area contributed by atoms with Gasteiger partial charge in [-0.1, -0.05) is 133 Å². The molecule has 0 aliphatic heterocycles. The molecule has 3 amide bonds. The molecular weight excluding hydrogens is 574 g/mol. The third-order valence-corrected chi connectivity index (χ3v) is 8.46. The summed E-state index contributed by atoms with van der Waals surface area (Å²) in [4.78, 5) is 38.8. The van der Waals surface area contributed by atoms with E-state index in [-0.39, 0.29) is 24.5 Å². The number of ether oxygens (including phenoxy) is 1. The van der Waals surface area contributed by atoms with Crippen molar-refractivity contribution in [1.82, 2.24) is 16.0 Å². The largest absolute Gasteiger partial charge is 0.445 e. The Labute approximate surface area is 280 Å². The summed E-state index contributed by atoms with van der Waals surface area (Å²) in [5.41, 5.74) is 0.861. The van der Waals surface area contributed by atoms with E-state index in [2.05, 4.69) is 29.1 Å². The average molecular weight is 640 g/mol. The molecule has 0 bridgehead atoms. The van der Waals surface area contributed by atoms with E-state index < -0.39 is 24.1 Å². The number of amides is 3. The van der Waals surface area contributed by atoms with Gasteiger partial charge < -0.3 is 20.7 Å². The quantitative estimate of drug-likeness (QED) is 0.0629. The molecule has 7 heteroatoms. The van der Waals surface area contributed by atoms with Crippen LogP contribution in [0.25, 0.3) is 0 Å². The number of carbonyl (C=O) groups is 3. The first kappa shape index (κ1) is 40.9. The Morgan fingerprint density at radius 1 is 0.652 bits per heavy atom. The van der Waals surface area contributed by atoms with Gasteiger partial charge in [-0.3, -0.25) is 9.59 Å². The molecule has 3 N–H and O–H groups in total. The van der Waals surface area contributed by atoms with Crippen molar-refractivity contribution >= 4 is 17.9 Å². The van der Waals surface area contributed by atoms with Crippen molar-refractivity contribution in [2.75, 3.05) is 0 Å². The van der Waals surface area contributed by atoms with Crippen LogP contribution in [0.1, 0.15) is 142 Å². The summed E-state index contributed by atoms with van der Waals surface area (Å²) in [5.74, 6) is -0.677. The van der Waals surface area contributed by atoms with E-state index in [4.69, 9.17) is 4.74 Å². The van der Waals surface area contributed by atoms with Crippen LogP contribution in [0.5, 0.6) is 0 Å². The number of allylic oxidation sites excluding steroid dienone is 2. The standard InChI is InChI=1S/C39H65N3O4/c1-6-8-10-12-14-16-18-20-25-29-35(30-26-21-19-17-15-13-11-9-7-2)41-38(44)36(32(3)4)42-37(43)33(5)40-39(45)46-31-34-27-23-22-24-28-34/h6-7,22-24,27-28,32-33,35-36H,1-2,8-21,25-26,29-31H2,3-5H3,(H,40,45)(H,41,44)(H,42,43)/t33-,36-/m0/s1. The lowest BCUT2D eigenvalue weighted by molar-refractivity contribution is -0.131. The van der Waals surface area contributed by atoms with Gasteiger partial charge in [0.2, 0.25) is 11.8 Å². The van der Waals surface area contributed by atoms with E-state index in [1.807, 2.05) is 56.3 Å². The molecule has 0 heterocycles. The summed E-state index contributed by atoms with van der Waals surface area (Å²) in [6.45, 7) is 13.2. The number of benzene rings is 1. The fraction of sp³-hybridized carbons (Fsp3) is 0.667. The first-order chi connectivity index (χ1) is 22.3. The number of rotatable bonds is 28. The van der Waals surface area contributed by atoms with Crippen LogP contribution in [0, 0.1) is 5.92 Å². The summed E-state index contributed by atoms with van der Waals surface area (Å²) in [5, 5.41) is 8.74. The van der Waals surface area contributed by atoms with Crippen LogP contribution < -0.4 is 16.0 Å². The van der Waals surface area contributed by atoms with Crippen molar-refractivity contribution in [2.24, 2.45) is 5.92 Å². The fourth-order valence-corrected chi connectivity index (χ4v) is 5.53. The van der Waals surface area contributed by atoms with Gasteiger partial charge in [0.05, 0.1) is 0 Å². The molecule has 1 rings (SSSR count). The van der Waals surface area contributed by atoms with Gasteiger partial charge in [-0.05, 0) is 56.9 Å². The number of nitrogens with one attached hydrogen (secondary N) is 3. The normalized spacial score (nSPS) is 12.4. The second-order valence-corrected chi connectivity index (χ2v) is 13.0. The van der Waals surface area contributed by atoms with Crippen LogP contribution in [0.15, 0.2) is 55.6 Å². The zero-order chi connectivity index (χ0) is 33.8. The van der Waals surface area contributed by atoms with Crippen molar-refractivity contribution in [3.63, 3.8) is 0 Å². The Bertz CT molecular complexity index is 939. The van der Waals surface area contributed by atoms with Gasteiger partial charge >= 0.3 is 6.09 Å². The Kier molecular flexibility index (Phi) is 24.1. The van der Waals surface area contributed by atoms with Crippen molar-refractivity contribution in [3.8, 4) is 0 Å². The second kappa shape index (κ2) is 27.1. The Hall–Kier alpha value is -3.09. The zero-order valence-electron chi connectivity index (χ0n) is 29.3. The van der Waals surface area contributed by atoms with E-state index in [0.29, 0.717) is 0 Å². The number of hydrogen-bond acceptors (Lipinski definition) is 4. The molecule has 0 aliphatic rings. The van der Waals surface area contributed by atoms with Crippen LogP contribution in [-0.2, 0) is 20.9 Å². The lowest BCUT2D eigenvalue weighted by Crippen LogP contribution is -2.56. The first-order valence-corrected chi connectivity index (χ1v) is 18.1. The second-order valence-electron chi connectivity index (χ2n) is 13.0. The van der Waals surface area contributed by atoms with Gasteiger partial charge in [-0.2, -0.15) is 0 Å². The molecule has 7 nitrogen and oxygen atoms in total. The van der Waals surface area contributed by atoms with Gasteiger partial charge in [-0.25, -0.2) is 4.79 Å². The molecule has 2 atom stereocenters. The van der Waals surface area contributed by atoms with E-state index in [9.17, 15) is 14.4 Å². The summed E-state index contributed by atoms with van der Waals surface area (Å²) >= 11 is 0. The lowest BCUT2D eigenvalue weighted by Gasteiger charge is -2.27. The van der Waals surface area contributed by atoms with Gasteiger partial charge in [0.15, 0.2) is 0 Å². The summed E-state index contributed by atoms with van der Waals surface area (Å²) < 4.78 is 5.25. The maximum Gasteiger partial charge on any atom is 0.408 e. The minimum absolute atomic E-state index is 0.0920. The van der Waals surface area contributed by atoms with Crippen molar-refractivity contribution in [2.45, 2.75) is 161 Å². The third-order valence-electron chi connectivity index (χ3n) is 8.46. The molecule has 0 saturated heterocycles. The van der Waals surface area contributed by atoms with Crippen LogP contribution in [0.2, 0.25) is 0 Å². The van der Waals surface area contributed by atoms with Crippen LogP contribution in [-0.4, -0.2) is 36.0 Å². The number of carbonyl (C=O) groups excluding carboxylic acids is 3. The van der Waals surface area contributed by atoms with Crippen molar-refractivity contribution < 1.29 is 19.1 Å². The molecule has 0 aromatic heterocycles. The summed E-state index contributed by atoms with van der Waals surface area (Å²) in [6, 6.07) is 7.92. The highest BCUT2D eigenvalue weighted by molar-refractivity contribution is 5.91. The predicted octanol–water partition coefficient (Wildman–Crippen LogP) is 9.32. The molecule has 260 valence electrons. The molecule has 0 fully saturated rings. The van der Waals surface area contributed by atoms with E-state index >= 15 is 0 Å². The highest BCUT2D eigenvalue weighted by Crippen LogP contribution is 2.16. The molecule has 0 spiro atoms. The minimum Gasteiger partial charge on any atom is -0.445 e. The van der Waals surface area contributed by atoms with Gasteiger partial charge in [0.1, 0.15) is 18.7 Å². The molecular formula is C39H65N3O4. The number of hydrogen-bond donors (Lipinski definition) is 3. The zero-order valence-corrected chi connectivity index (χ0v) is 29.3. The lowest BCUT2D eigenvalue weighted by atomic mass is 9.98. The minimum atomic E-state index is -0.846. The molecule has 1 aromatic rings. The number of unbranched alkanes of at least 4 members (excludes halogenated alkanes) is 14. The number of alkyl carbamates (subject to hydrolysis) is 1. The van der Waals surface area contributed by atoms with Crippen LogP contribution in [0.3, 0.4) is 0 Å². The fourth-order valence-electron chi connectivity index (χ4n) is 5.53. The maximum atomic E-state index is 13.5. The SMILES string of the molecule is C=CCCCCCCCCCC(CCCCCCCCCC=C)NC(=O)[C@@H](NC(=O)[C@H](C)NC(=O)OCc1ccccc1)C(C)C. The smallest absolute Gasteiger partial charge is 0.408 e. The van der Waals surface area contributed by atoms with Gasteiger partial charge in [0, 0.05) is 6.04 Å². The molecule has 0 unspecified atom stereocenters. The Balaban J connectivity index is 2.59. The molecule has 46 heavy (non-hydrogen) atoms. The molecule has 0 saturated carbocycles. The van der Waals surface area contributed by atoms with E-state index in [0.717, 1.165) is 44.1 Å². The van der Waals surface area contributed by atoms with E-state index in [1.54, 1.807) is 6.92 Å². The Morgan fingerprint density at radius 3 is 1.61 bits per heavy atom. The van der Waals surface area contributed by atoms with Gasteiger partial charge in [0.25, 0.3) is 0 Å². The first-order valence-electron chi connectivity index (χ1n) is 18.1. The van der Waals surface area contributed by atoms with Crippen LogP contribution >= 0.6 is 0 Å². The maximum absolute atomic E-state index is 13.5. The molecule has 0 aliphatic carbocycles. The summed E-state index contributed by atoms with van der Waals surface area (Å²) in [7, 11) is 0. The highest BCUT2D eigenvalue weighted by Gasteiger charge is 2.28. The topological polar surface area (TPSA) is 96.5 Å². The summed E-state index contributed by atoms with van der Waals surface area (Å²) in [6.07, 6.45) is 24.5. The average Bonchev–Trinajstić information content (AvgIpc) is 3.04. The molecule has 1 aromatic carbocycles. The van der Waals surface area contributed by atoms with Crippen LogP contribution in [0.4, 0.5) is 4.79 Å². The monoisotopic (exact) mass is 639 g/mol.